The van der Waals surface area contributed by atoms with E-state index in [4.69, 9.17) is 4.74 Å². The van der Waals surface area contributed by atoms with Gasteiger partial charge < -0.3 is 15.4 Å². The van der Waals surface area contributed by atoms with Crippen molar-refractivity contribution in [3.8, 4) is 5.75 Å². The highest BCUT2D eigenvalue weighted by Gasteiger charge is 2.25. The lowest BCUT2D eigenvalue weighted by Crippen LogP contribution is -2.35. The molecule has 1 atom stereocenters. The SMILES string of the molecule is CC(C)NC(=O)CCNS(=O)(=O)c1ccc2c(c1)NC(=O)C(C)O2. The van der Waals surface area contributed by atoms with Gasteiger partial charge in [0.25, 0.3) is 5.91 Å². The molecule has 3 N–H and O–H groups in total. The van der Waals surface area contributed by atoms with E-state index >= 15 is 0 Å². The van der Waals surface area contributed by atoms with Gasteiger partial charge in [0.15, 0.2) is 6.10 Å². The van der Waals surface area contributed by atoms with E-state index in [1.165, 1.54) is 18.2 Å². The van der Waals surface area contributed by atoms with E-state index in [1.807, 2.05) is 13.8 Å². The van der Waals surface area contributed by atoms with Crippen molar-refractivity contribution in [2.45, 2.75) is 44.2 Å². The Labute approximate surface area is 141 Å². The van der Waals surface area contributed by atoms with Crippen LogP contribution in [0.2, 0.25) is 0 Å². The molecule has 24 heavy (non-hydrogen) atoms. The van der Waals surface area contributed by atoms with Crippen molar-refractivity contribution in [2.75, 3.05) is 11.9 Å². The van der Waals surface area contributed by atoms with Crippen molar-refractivity contribution in [3.63, 3.8) is 0 Å². The highest BCUT2D eigenvalue weighted by Crippen LogP contribution is 2.31. The minimum atomic E-state index is -3.79. The lowest BCUT2D eigenvalue weighted by molar-refractivity contribution is -0.123. The molecule has 2 amide bonds. The van der Waals surface area contributed by atoms with Crippen LogP contribution < -0.4 is 20.1 Å². The van der Waals surface area contributed by atoms with Crippen LogP contribution in [0, 0.1) is 0 Å². The first-order valence-electron chi connectivity index (χ1n) is 7.59. The third-order valence-corrected chi connectivity index (χ3v) is 4.74. The zero-order chi connectivity index (χ0) is 17.9. The number of nitrogens with one attached hydrogen (secondary N) is 3. The van der Waals surface area contributed by atoms with Crippen LogP contribution in [0.15, 0.2) is 23.1 Å². The molecule has 0 fully saturated rings. The second-order valence-corrected chi connectivity index (χ2v) is 7.54. The molecular formula is C15H21N3O5S. The molecule has 1 unspecified atom stereocenters. The largest absolute Gasteiger partial charge is 0.479 e. The van der Waals surface area contributed by atoms with Crippen molar-refractivity contribution in [2.24, 2.45) is 0 Å². The molecule has 1 heterocycles. The number of fused-ring (bicyclic) bond motifs is 1. The Morgan fingerprint density at radius 2 is 2.08 bits per heavy atom. The number of sulfonamides is 1. The maximum absolute atomic E-state index is 12.3. The lowest BCUT2D eigenvalue weighted by atomic mass is 10.2. The van der Waals surface area contributed by atoms with Crippen LogP contribution in [0.4, 0.5) is 5.69 Å². The van der Waals surface area contributed by atoms with E-state index in [1.54, 1.807) is 6.92 Å². The fraction of sp³-hybridized carbons (Fsp3) is 0.467. The van der Waals surface area contributed by atoms with Gasteiger partial charge in [-0.3, -0.25) is 9.59 Å². The number of anilines is 1. The molecule has 0 saturated heterocycles. The standard InChI is InChI=1S/C15H21N3O5S/c1-9(2)17-14(19)6-7-16-24(21,22)11-4-5-13-12(8-11)18-15(20)10(3)23-13/h4-5,8-10,16H,6-7H2,1-3H3,(H,17,19)(H,18,20). The molecule has 0 saturated carbocycles. The fourth-order valence-corrected chi connectivity index (χ4v) is 3.19. The van der Waals surface area contributed by atoms with E-state index in [0.29, 0.717) is 11.4 Å². The van der Waals surface area contributed by atoms with E-state index in [0.717, 1.165) is 0 Å². The highest BCUT2D eigenvalue weighted by atomic mass is 32.2. The van der Waals surface area contributed by atoms with Crippen molar-refractivity contribution in [1.82, 2.24) is 10.0 Å². The van der Waals surface area contributed by atoms with Gasteiger partial charge in [-0.1, -0.05) is 0 Å². The summed E-state index contributed by atoms with van der Waals surface area (Å²) in [5.74, 6) is -0.152. The molecule has 0 aliphatic carbocycles. The van der Waals surface area contributed by atoms with Gasteiger partial charge in [-0.2, -0.15) is 0 Å². The Morgan fingerprint density at radius 3 is 2.75 bits per heavy atom. The summed E-state index contributed by atoms with van der Waals surface area (Å²) >= 11 is 0. The molecule has 1 aliphatic rings. The Bertz CT molecular complexity index is 745. The second-order valence-electron chi connectivity index (χ2n) is 5.78. The molecular weight excluding hydrogens is 334 g/mol. The summed E-state index contributed by atoms with van der Waals surface area (Å²) in [5.41, 5.74) is 0.304. The van der Waals surface area contributed by atoms with Crippen LogP contribution in [-0.2, 0) is 19.6 Å². The first kappa shape index (κ1) is 18.2. The molecule has 9 heteroatoms. The predicted molar refractivity (Wildman–Crippen MR) is 88.2 cm³/mol. The smallest absolute Gasteiger partial charge is 0.265 e. The van der Waals surface area contributed by atoms with Crippen LogP contribution in [-0.4, -0.2) is 38.9 Å². The molecule has 1 aromatic rings. The van der Waals surface area contributed by atoms with Crippen molar-refractivity contribution >= 4 is 27.5 Å². The number of rotatable bonds is 6. The summed E-state index contributed by atoms with van der Waals surface area (Å²) in [5, 5.41) is 5.28. The monoisotopic (exact) mass is 355 g/mol. The number of ether oxygens (including phenoxy) is 1. The van der Waals surface area contributed by atoms with Gasteiger partial charge in [0, 0.05) is 19.0 Å². The second kappa shape index (κ2) is 7.18. The summed E-state index contributed by atoms with van der Waals surface area (Å²) in [6.07, 6.45) is -0.586. The predicted octanol–water partition coefficient (Wildman–Crippen LogP) is 0.599. The summed E-state index contributed by atoms with van der Waals surface area (Å²) < 4.78 is 32.3. The molecule has 0 radical (unpaired) electrons. The molecule has 8 nitrogen and oxygen atoms in total. The summed E-state index contributed by atoms with van der Waals surface area (Å²) in [7, 11) is -3.79. The molecule has 0 spiro atoms. The van der Waals surface area contributed by atoms with Crippen LogP contribution in [0.25, 0.3) is 0 Å². The highest BCUT2D eigenvalue weighted by molar-refractivity contribution is 7.89. The molecule has 1 aliphatic heterocycles. The minimum absolute atomic E-state index is 0.000700. The van der Waals surface area contributed by atoms with E-state index in [2.05, 4.69) is 15.4 Å². The number of carbonyl (C=O) groups is 2. The maximum Gasteiger partial charge on any atom is 0.265 e. The normalized spacial score (nSPS) is 17.0. The summed E-state index contributed by atoms with van der Waals surface area (Å²) in [6, 6.07) is 4.21. The molecule has 0 bridgehead atoms. The van der Waals surface area contributed by atoms with Crippen molar-refractivity contribution < 1.29 is 22.7 Å². The summed E-state index contributed by atoms with van der Waals surface area (Å²) in [4.78, 5) is 23.1. The van der Waals surface area contributed by atoms with Gasteiger partial charge >= 0.3 is 0 Å². The van der Waals surface area contributed by atoms with Crippen molar-refractivity contribution in [3.05, 3.63) is 18.2 Å². The van der Waals surface area contributed by atoms with E-state index < -0.39 is 16.1 Å². The Morgan fingerprint density at radius 1 is 1.38 bits per heavy atom. The van der Waals surface area contributed by atoms with E-state index in [-0.39, 0.29) is 35.7 Å². The molecule has 1 aromatic carbocycles. The average molecular weight is 355 g/mol. The number of hydrogen-bond acceptors (Lipinski definition) is 5. The van der Waals surface area contributed by atoms with Crippen LogP contribution >= 0.6 is 0 Å². The lowest BCUT2D eigenvalue weighted by Gasteiger charge is -2.23. The molecule has 132 valence electrons. The summed E-state index contributed by atoms with van der Waals surface area (Å²) in [6.45, 7) is 5.24. The number of hydrogen-bond donors (Lipinski definition) is 3. The van der Waals surface area contributed by atoms with Crippen LogP contribution in [0.1, 0.15) is 27.2 Å². The number of amides is 2. The average Bonchev–Trinajstić information content (AvgIpc) is 2.47. The van der Waals surface area contributed by atoms with E-state index in [9.17, 15) is 18.0 Å². The molecule has 0 aromatic heterocycles. The Balaban J connectivity index is 2.04. The fourth-order valence-electron chi connectivity index (χ4n) is 2.13. The van der Waals surface area contributed by atoms with Crippen molar-refractivity contribution in [1.29, 1.82) is 0 Å². The molecule has 2 rings (SSSR count). The number of carbonyl (C=O) groups excluding carboxylic acids is 2. The third-order valence-electron chi connectivity index (χ3n) is 3.29. The van der Waals surface area contributed by atoms with Gasteiger partial charge in [0.05, 0.1) is 10.6 Å². The topological polar surface area (TPSA) is 114 Å². The Kier molecular flexibility index (Phi) is 5.45. The first-order chi connectivity index (χ1) is 11.2. The zero-order valence-electron chi connectivity index (χ0n) is 13.8. The maximum atomic E-state index is 12.3. The van der Waals surface area contributed by atoms with Gasteiger partial charge in [0.2, 0.25) is 15.9 Å². The van der Waals surface area contributed by atoms with Gasteiger partial charge in [0.1, 0.15) is 5.75 Å². The van der Waals surface area contributed by atoms with Gasteiger partial charge in [-0.15, -0.1) is 0 Å². The van der Waals surface area contributed by atoms with Crippen LogP contribution in [0.5, 0.6) is 5.75 Å². The quantitative estimate of drug-likeness (QED) is 0.691. The van der Waals surface area contributed by atoms with Crippen LogP contribution in [0.3, 0.4) is 0 Å². The minimum Gasteiger partial charge on any atom is -0.479 e. The Hall–Kier alpha value is -2.13. The van der Waals surface area contributed by atoms with Gasteiger partial charge in [-0.05, 0) is 39.0 Å². The number of benzene rings is 1. The first-order valence-corrected chi connectivity index (χ1v) is 9.08. The van der Waals surface area contributed by atoms with Gasteiger partial charge in [-0.25, -0.2) is 13.1 Å². The zero-order valence-corrected chi connectivity index (χ0v) is 14.6. The third kappa shape index (κ3) is 4.45.